The molecular formula is C16H15NO6S2. The molecule has 1 atom stereocenters. The zero-order valence-corrected chi connectivity index (χ0v) is 14.8. The highest BCUT2D eigenvalue weighted by molar-refractivity contribution is 8.26. The summed E-state index contributed by atoms with van der Waals surface area (Å²) < 4.78 is 5.16. The largest absolute Gasteiger partial charge is 0.497 e. The van der Waals surface area contributed by atoms with Crippen molar-refractivity contribution in [2.24, 2.45) is 0 Å². The van der Waals surface area contributed by atoms with Gasteiger partial charge in [-0.3, -0.25) is 14.5 Å². The maximum Gasteiger partial charge on any atom is 0.326 e. The van der Waals surface area contributed by atoms with Gasteiger partial charge in [-0.2, -0.15) is 0 Å². The normalized spacial score (nSPS) is 17.0. The van der Waals surface area contributed by atoms with E-state index in [1.165, 1.54) is 0 Å². The Morgan fingerprint density at radius 3 is 2.48 bits per heavy atom. The van der Waals surface area contributed by atoms with E-state index in [0.29, 0.717) is 5.75 Å². The van der Waals surface area contributed by atoms with Gasteiger partial charge in [-0.15, -0.1) is 0 Å². The third-order valence-electron chi connectivity index (χ3n) is 3.47. The molecular weight excluding hydrogens is 366 g/mol. The van der Waals surface area contributed by atoms with Gasteiger partial charge in [0.25, 0.3) is 5.91 Å². The average Bonchev–Trinajstić information content (AvgIpc) is 2.83. The van der Waals surface area contributed by atoms with Crippen molar-refractivity contribution >= 4 is 52.2 Å². The average molecular weight is 381 g/mol. The number of carboxylic acid groups (broad SMARTS) is 2. The zero-order valence-electron chi connectivity index (χ0n) is 13.2. The fourth-order valence-corrected chi connectivity index (χ4v) is 3.58. The van der Waals surface area contributed by atoms with Crippen molar-refractivity contribution in [2.75, 3.05) is 7.11 Å². The third-order valence-corrected chi connectivity index (χ3v) is 4.80. The lowest BCUT2D eigenvalue weighted by molar-refractivity contribution is -0.146. The summed E-state index contributed by atoms with van der Waals surface area (Å²) in [6.45, 7) is 0. The lowest BCUT2D eigenvalue weighted by Crippen LogP contribution is -2.44. The van der Waals surface area contributed by atoms with E-state index in [0.717, 1.165) is 22.2 Å². The third kappa shape index (κ3) is 4.58. The van der Waals surface area contributed by atoms with Crippen LogP contribution < -0.4 is 4.74 Å². The lowest BCUT2D eigenvalue weighted by atomic mass is 10.1. The summed E-state index contributed by atoms with van der Waals surface area (Å²) in [6.07, 6.45) is 1.02. The van der Waals surface area contributed by atoms with Crippen molar-refractivity contribution in [3.8, 4) is 5.75 Å². The highest BCUT2D eigenvalue weighted by atomic mass is 32.2. The first-order valence-corrected chi connectivity index (χ1v) is 8.41. The Kier molecular flexibility index (Phi) is 6.16. The van der Waals surface area contributed by atoms with Gasteiger partial charge in [-0.25, -0.2) is 4.79 Å². The number of hydrogen-bond donors (Lipinski definition) is 2. The Labute approximate surface area is 153 Å². The molecule has 1 aliphatic rings. The van der Waals surface area contributed by atoms with E-state index >= 15 is 0 Å². The van der Waals surface area contributed by atoms with E-state index < -0.39 is 23.9 Å². The molecule has 1 saturated heterocycles. The summed E-state index contributed by atoms with van der Waals surface area (Å²) in [5.41, 5.74) is 0.735. The van der Waals surface area contributed by atoms with Crippen molar-refractivity contribution in [2.45, 2.75) is 18.9 Å². The summed E-state index contributed by atoms with van der Waals surface area (Å²) in [5.74, 6) is -2.29. The van der Waals surface area contributed by atoms with Gasteiger partial charge in [0.1, 0.15) is 16.1 Å². The fourth-order valence-electron chi connectivity index (χ4n) is 2.22. The molecule has 0 radical (unpaired) electrons. The predicted molar refractivity (Wildman–Crippen MR) is 96.3 cm³/mol. The Morgan fingerprint density at radius 2 is 1.96 bits per heavy atom. The van der Waals surface area contributed by atoms with Crippen LogP contribution in [0.15, 0.2) is 29.2 Å². The maximum atomic E-state index is 12.5. The van der Waals surface area contributed by atoms with Gasteiger partial charge in [0.15, 0.2) is 0 Å². The van der Waals surface area contributed by atoms with Gasteiger partial charge in [0, 0.05) is 6.42 Å². The highest BCUT2D eigenvalue weighted by Crippen LogP contribution is 2.35. The minimum Gasteiger partial charge on any atom is -0.497 e. The number of carboxylic acids is 2. The van der Waals surface area contributed by atoms with Crippen molar-refractivity contribution < 1.29 is 29.3 Å². The molecule has 1 unspecified atom stereocenters. The van der Waals surface area contributed by atoms with Gasteiger partial charge in [0.05, 0.1) is 12.0 Å². The SMILES string of the molecule is COc1ccc(C=C2SC(=S)N(C(CCC(=O)O)C(=O)O)C2=O)cc1. The number of thioether (sulfide) groups is 1. The standard InChI is InChI=1S/C16H15NO6S2/c1-23-10-4-2-9(3-5-10)8-12-14(20)17(16(24)25-12)11(15(21)22)6-7-13(18)19/h2-5,8,11H,6-7H2,1H3,(H,18,19)(H,21,22). The second-order valence-corrected chi connectivity index (χ2v) is 6.79. The Bertz CT molecular complexity index is 743. The van der Waals surface area contributed by atoms with Crippen LogP contribution in [0.3, 0.4) is 0 Å². The van der Waals surface area contributed by atoms with Crippen molar-refractivity contribution in [1.29, 1.82) is 0 Å². The van der Waals surface area contributed by atoms with Crippen molar-refractivity contribution in [1.82, 2.24) is 4.90 Å². The molecule has 25 heavy (non-hydrogen) atoms. The Balaban J connectivity index is 2.23. The van der Waals surface area contributed by atoms with E-state index in [9.17, 15) is 19.5 Å². The van der Waals surface area contributed by atoms with E-state index in [1.807, 2.05) is 0 Å². The van der Waals surface area contributed by atoms with Crippen molar-refractivity contribution in [3.63, 3.8) is 0 Å². The lowest BCUT2D eigenvalue weighted by Gasteiger charge is -2.22. The second kappa shape index (κ2) is 8.13. The fraction of sp³-hybridized carbons (Fsp3) is 0.250. The zero-order chi connectivity index (χ0) is 18.6. The maximum absolute atomic E-state index is 12.5. The predicted octanol–water partition coefficient (Wildman–Crippen LogP) is 2.21. The van der Waals surface area contributed by atoms with Crippen LogP contribution >= 0.6 is 24.0 Å². The number of rotatable bonds is 7. The molecule has 1 heterocycles. The van der Waals surface area contributed by atoms with E-state index in [2.05, 4.69) is 0 Å². The minimum atomic E-state index is -1.30. The van der Waals surface area contributed by atoms with Gasteiger partial charge in [-0.1, -0.05) is 36.1 Å². The molecule has 1 aromatic carbocycles. The first-order chi connectivity index (χ1) is 11.8. The van der Waals surface area contributed by atoms with Crippen LogP contribution in [-0.4, -0.2) is 50.4 Å². The molecule has 2 rings (SSSR count). The number of nitrogens with zero attached hydrogens (tertiary/aromatic N) is 1. The Morgan fingerprint density at radius 1 is 1.32 bits per heavy atom. The number of carbonyl (C=O) groups is 3. The molecule has 0 aliphatic carbocycles. The van der Waals surface area contributed by atoms with Gasteiger partial charge in [0.2, 0.25) is 0 Å². The molecule has 0 bridgehead atoms. The number of amides is 1. The van der Waals surface area contributed by atoms with Gasteiger partial charge < -0.3 is 14.9 Å². The first-order valence-electron chi connectivity index (χ1n) is 7.19. The van der Waals surface area contributed by atoms with Gasteiger partial charge in [-0.05, 0) is 30.2 Å². The van der Waals surface area contributed by atoms with Gasteiger partial charge >= 0.3 is 11.9 Å². The topological polar surface area (TPSA) is 104 Å². The number of methoxy groups -OCH3 is 1. The van der Waals surface area contributed by atoms with E-state index in [1.54, 1.807) is 37.5 Å². The monoisotopic (exact) mass is 381 g/mol. The summed E-state index contributed by atoms with van der Waals surface area (Å²) in [6, 6.07) is 5.68. The van der Waals surface area contributed by atoms with E-state index in [4.69, 9.17) is 22.1 Å². The van der Waals surface area contributed by atoms with Crippen LogP contribution in [0.25, 0.3) is 6.08 Å². The molecule has 1 aliphatic heterocycles. The van der Waals surface area contributed by atoms with Crippen LogP contribution in [0.1, 0.15) is 18.4 Å². The summed E-state index contributed by atoms with van der Waals surface area (Å²) >= 11 is 6.12. The Hall–Kier alpha value is -2.39. The van der Waals surface area contributed by atoms with Crippen LogP contribution in [-0.2, 0) is 14.4 Å². The smallest absolute Gasteiger partial charge is 0.326 e. The second-order valence-electron chi connectivity index (χ2n) is 5.11. The number of aliphatic carboxylic acids is 2. The molecule has 1 amide bonds. The number of thiocarbonyl (C=S) groups is 1. The number of hydrogen-bond acceptors (Lipinski definition) is 6. The van der Waals surface area contributed by atoms with Crippen LogP contribution in [0.5, 0.6) is 5.75 Å². The summed E-state index contributed by atoms with van der Waals surface area (Å²) in [7, 11) is 1.54. The highest BCUT2D eigenvalue weighted by Gasteiger charge is 2.40. The minimum absolute atomic E-state index is 0.0996. The van der Waals surface area contributed by atoms with E-state index in [-0.39, 0.29) is 22.1 Å². The van der Waals surface area contributed by atoms with Crippen molar-refractivity contribution in [3.05, 3.63) is 34.7 Å². The summed E-state index contributed by atoms with van der Waals surface area (Å²) in [4.78, 5) is 36.0. The quantitative estimate of drug-likeness (QED) is 0.547. The molecule has 0 saturated carbocycles. The molecule has 7 nitrogen and oxygen atoms in total. The molecule has 2 N–H and O–H groups in total. The molecule has 0 spiro atoms. The summed E-state index contributed by atoms with van der Waals surface area (Å²) in [5, 5.41) is 18.1. The molecule has 9 heteroatoms. The number of carbonyl (C=O) groups excluding carboxylic acids is 1. The molecule has 132 valence electrons. The molecule has 0 aromatic heterocycles. The number of ether oxygens (including phenoxy) is 1. The van der Waals surface area contributed by atoms with Crippen LogP contribution in [0.4, 0.5) is 0 Å². The number of benzene rings is 1. The van der Waals surface area contributed by atoms with Crippen LogP contribution in [0, 0.1) is 0 Å². The molecule has 1 aromatic rings. The molecule has 1 fully saturated rings. The van der Waals surface area contributed by atoms with Crippen LogP contribution in [0.2, 0.25) is 0 Å². The first kappa shape index (κ1) is 18.9.